The van der Waals surface area contributed by atoms with E-state index in [1.54, 1.807) is 38.4 Å². The molecule has 0 aromatic heterocycles. The number of anilines is 3. The first kappa shape index (κ1) is 19.7. The van der Waals surface area contributed by atoms with E-state index in [9.17, 15) is 14.4 Å². The van der Waals surface area contributed by atoms with Crippen LogP contribution in [0.5, 0.6) is 0 Å². The van der Waals surface area contributed by atoms with Crippen molar-refractivity contribution in [3.05, 3.63) is 62.1 Å². The van der Waals surface area contributed by atoms with Crippen molar-refractivity contribution in [2.75, 3.05) is 24.7 Å². The van der Waals surface area contributed by atoms with Gasteiger partial charge in [0.1, 0.15) is 17.5 Å². The summed E-state index contributed by atoms with van der Waals surface area (Å²) in [4.78, 5) is 37.9. The molecule has 0 spiro atoms. The van der Waals surface area contributed by atoms with Crippen LogP contribution in [-0.4, -0.2) is 37.0 Å². The molecule has 0 aliphatic carbocycles. The maximum Gasteiger partial charge on any atom is 0.253 e. The highest BCUT2D eigenvalue weighted by atomic mass is 16.5. The Morgan fingerprint density at radius 2 is 1.96 bits per heavy atom. The molecule has 0 saturated heterocycles. The quantitative estimate of drug-likeness (QED) is 0.715. The van der Waals surface area contributed by atoms with E-state index in [4.69, 9.17) is 4.74 Å². The second-order valence-electron chi connectivity index (χ2n) is 7.18. The summed E-state index contributed by atoms with van der Waals surface area (Å²) < 4.78 is 5.78. The van der Waals surface area contributed by atoms with Crippen LogP contribution in [0, 0.1) is 0 Å². The highest BCUT2D eigenvalue weighted by Crippen LogP contribution is 2.27. The summed E-state index contributed by atoms with van der Waals surface area (Å²) >= 11 is 0. The largest absolute Gasteiger partial charge is 0.493 e. The molecular weight excluding hydrogens is 358 g/mol. The Morgan fingerprint density at radius 3 is 2.57 bits per heavy atom. The van der Waals surface area contributed by atoms with E-state index in [2.05, 4.69) is 10.6 Å². The molecule has 1 aliphatic rings. The molecule has 7 heteroatoms. The predicted molar refractivity (Wildman–Crippen MR) is 110 cm³/mol. The van der Waals surface area contributed by atoms with Crippen molar-refractivity contribution in [3.63, 3.8) is 0 Å². The minimum Gasteiger partial charge on any atom is -0.493 e. The molecule has 28 heavy (non-hydrogen) atoms. The number of nitrogens with zero attached hydrogens (tertiary/aromatic N) is 1. The van der Waals surface area contributed by atoms with E-state index in [-0.39, 0.29) is 29.4 Å². The number of benzene rings is 1. The summed E-state index contributed by atoms with van der Waals surface area (Å²) in [5.41, 5.74) is 0.462. The van der Waals surface area contributed by atoms with Crippen molar-refractivity contribution >= 4 is 23.0 Å². The van der Waals surface area contributed by atoms with E-state index < -0.39 is 10.9 Å². The minimum absolute atomic E-state index is 0.0664. The van der Waals surface area contributed by atoms with Crippen LogP contribution >= 0.6 is 0 Å². The molecule has 3 rings (SSSR count). The van der Waals surface area contributed by atoms with E-state index in [1.165, 1.54) is 4.90 Å². The van der Waals surface area contributed by atoms with Gasteiger partial charge in [-0.25, -0.2) is 0 Å². The van der Waals surface area contributed by atoms with E-state index in [1.807, 2.05) is 19.9 Å². The van der Waals surface area contributed by atoms with E-state index >= 15 is 0 Å². The van der Waals surface area contributed by atoms with Gasteiger partial charge < -0.3 is 20.3 Å². The van der Waals surface area contributed by atoms with Crippen LogP contribution in [0.3, 0.4) is 0 Å². The summed E-state index contributed by atoms with van der Waals surface area (Å²) in [6, 6.07) is 6.76. The van der Waals surface area contributed by atoms with Crippen molar-refractivity contribution in [3.8, 4) is 0 Å². The number of ether oxygens (including phenoxy) is 1. The normalized spacial score (nSPS) is 17.0. The second kappa shape index (κ2) is 7.88. The van der Waals surface area contributed by atoms with Crippen LogP contribution < -0.4 is 21.5 Å². The first-order valence-corrected chi connectivity index (χ1v) is 9.33. The van der Waals surface area contributed by atoms with Gasteiger partial charge in [0.25, 0.3) is 16.8 Å². The maximum absolute atomic E-state index is 12.1. The molecule has 0 bridgehead atoms. The molecule has 0 radical (unpaired) electrons. The van der Waals surface area contributed by atoms with Crippen molar-refractivity contribution in [2.24, 2.45) is 0 Å². The lowest BCUT2D eigenvalue weighted by Gasteiger charge is -2.26. The number of hydrogen-bond acceptors (Lipinski definition) is 6. The molecule has 2 atom stereocenters. The van der Waals surface area contributed by atoms with Crippen molar-refractivity contribution in [2.45, 2.75) is 38.8 Å². The van der Waals surface area contributed by atoms with Crippen molar-refractivity contribution < 1.29 is 9.53 Å². The molecule has 0 saturated carbocycles. The summed E-state index contributed by atoms with van der Waals surface area (Å²) in [5, 5.41) is 6.18. The second-order valence-corrected chi connectivity index (χ2v) is 7.18. The highest BCUT2D eigenvalue weighted by molar-refractivity contribution is 5.95. The first-order chi connectivity index (χ1) is 13.3. The smallest absolute Gasteiger partial charge is 0.253 e. The average molecular weight is 383 g/mol. The lowest BCUT2D eigenvalue weighted by atomic mass is 10.0. The van der Waals surface area contributed by atoms with Gasteiger partial charge >= 0.3 is 0 Å². The van der Waals surface area contributed by atoms with Gasteiger partial charge in [0.05, 0.1) is 11.8 Å². The van der Waals surface area contributed by atoms with Crippen molar-refractivity contribution in [1.29, 1.82) is 0 Å². The molecule has 0 fully saturated rings. The van der Waals surface area contributed by atoms with Gasteiger partial charge in [-0.3, -0.25) is 14.4 Å². The Morgan fingerprint density at radius 1 is 1.25 bits per heavy atom. The molecule has 1 aliphatic heterocycles. The van der Waals surface area contributed by atoms with Gasteiger partial charge in [0.2, 0.25) is 0 Å². The molecule has 2 N–H and O–H groups in total. The predicted octanol–water partition coefficient (Wildman–Crippen LogP) is 2.61. The lowest BCUT2D eigenvalue weighted by Crippen LogP contribution is -2.42. The molecule has 1 amide bonds. The molecule has 1 unspecified atom stereocenters. The van der Waals surface area contributed by atoms with Gasteiger partial charge in [-0.1, -0.05) is 13.0 Å². The zero-order chi connectivity index (χ0) is 20.4. The summed E-state index contributed by atoms with van der Waals surface area (Å²) in [6.07, 6.45) is 3.47. The molecule has 2 aromatic carbocycles. The minimum atomic E-state index is -0.566. The van der Waals surface area contributed by atoms with Crippen LogP contribution in [0.1, 0.15) is 37.0 Å². The third-order valence-electron chi connectivity index (χ3n) is 4.89. The Kier molecular flexibility index (Phi) is 5.53. The number of allylic oxidation sites excluding steroid dienone is 1. The highest BCUT2D eigenvalue weighted by Gasteiger charge is 2.29. The SMILES string of the molecule is CC[C@@H](Nc1c(Nc2cccc(C(=O)N(C)C)c2)c(=O)c1=O)C1CC=C(C)O1. The molecule has 2 aromatic rings. The molecule has 148 valence electrons. The monoisotopic (exact) mass is 383 g/mol. The standard InChI is InChI=1S/C21H25N3O4/c1-5-15(16-10-9-12(2)28-16)23-18-17(19(25)20(18)26)22-14-8-6-7-13(11-14)21(27)24(3)4/h6-9,11,15-16,22-23H,5,10H2,1-4H3/t15-,16?/m1/s1. The van der Waals surface area contributed by atoms with Crippen LogP contribution in [-0.2, 0) is 4.74 Å². The lowest BCUT2D eigenvalue weighted by molar-refractivity contribution is 0.0827. The molecule has 7 nitrogen and oxygen atoms in total. The zero-order valence-corrected chi connectivity index (χ0v) is 16.5. The fraction of sp³-hybridized carbons (Fsp3) is 0.381. The average Bonchev–Trinajstić information content (AvgIpc) is 3.12. The number of carbonyl (C=O) groups excluding carboxylic acids is 1. The number of carbonyl (C=O) groups is 1. The third-order valence-corrected chi connectivity index (χ3v) is 4.89. The van der Waals surface area contributed by atoms with Gasteiger partial charge in [-0.15, -0.1) is 0 Å². The van der Waals surface area contributed by atoms with Crippen LogP contribution in [0.25, 0.3) is 0 Å². The Balaban J connectivity index is 1.79. The van der Waals surface area contributed by atoms with Gasteiger partial charge in [0, 0.05) is 31.8 Å². The molecule has 1 heterocycles. The van der Waals surface area contributed by atoms with Gasteiger partial charge in [-0.05, 0) is 37.6 Å². The van der Waals surface area contributed by atoms with E-state index in [0.29, 0.717) is 11.3 Å². The summed E-state index contributed by atoms with van der Waals surface area (Å²) in [5.74, 6) is 0.732. The Bertz CT molecular complexity index is 986. The summed E-state index contributed by atoms with van der Waals surface area (Å²) in [7, 11) is 3.35. The van der Waals surface area contributed by atoms with Crippen LogP contribution in [0.4, 0.5) is 17.1 Å². The number of rotatable bonds is 7. The first-order valence-electron chi connectivity index (χ1n) is 9.33. The van der Waals surface area contributed by atoms with Crippen LogP contribution in [0.2, 0.25) is 0 Å². The number of amides is 1. The topological polar surface area (TPSA) is 87.7 Å². The Hall–Kier alpha value is -3.09. The Labute approximate surface area is 163 Å². The number of nitrogens with one attached hydrogen (secondary N) is 2. The van der Waals surface area contributed by atoms with Crippen molar-refractivity contribution in [1.82, 2.24) is 4.90 Å². The fourth-order valence-corrected chi connectivity index (χ4v) is 3.29. The number of hydrogen-bond donors (Lipinski definition) is 2. The van der Waals surface area contributed by atoms with E-state index in [0.717, 1.165) is 18.6 Å². The molecular formula is C21H25N3O4. The zero-order valence-electron chi connectivity index (χ0n) is 16.5. The summed E-state index contributed by atoms with van der Waals surface area (Å²) in [6.45, 7) is 3.91. The maximum atomic E-state index is 12.1. The van der Waals surface area contributed by atoms with Gasteiger partial charge in [-0.2, -0.15) is 0 Å². The third kappa shape index (κ3) is 3.78. The van der Waals surface area contributed by atoms with Gasteiger partial charge in [0.15, 0.2) is 0 Å². The van der Waals surface area contributed by atoms with Crippen LogP contribution in [0.15, 0.2) is 45.7 Å². The fourth-order valence-electron chi connectivity index (χ4n) is 3.29.